The van der Waals surface area contributed by atoms with Gasteiger partial charge in [0.25, 0.3) is 0 Å². The van der Waals surface area contributed by atoms with Crippen molar-refractivity contribution in [3.63, 3.8) is 0 Å². The van der Waals surface area contributed by atoms with Crippen molar-refractivity contribution in [3.05, 3.63) is 35.1 Å². The fraction of sp³-hybridized carbons (Fsp3) is 0.533. The van der Waals surface area contributed by atoms with Crippen molar-refractivity contribution >= 4 is 5.91 Å². The SMILES string of the molecule is O=C1CCN(C2CCCc3ccc(F)cc32)CCN1. The Kier molecular flexibility index (Phi) is 3.51. The van der Waals surface area contributed by atoms with Crippen molar-refractivity contribution in [1.29, 1.82) is 0 Å². The number of hydrogen-bond acceptors (Lipinski definition) is 2. The lowest BCUT2D eigenvalue weighted by Crippen LogP contribution is -2.34. The third-order valence-electron chi connectivity index (χ3n) is 4.18. The topological polar surface area (TPSA) is 32.3 Å². The van der Waals surface area contributed by atoms with Crippen LogP contribution in [0, 0.1) is 5.82 Å². The fourth-order valence-electron chi connectivity index (χ4n) is 3.22. The summed E-state index contributed by atoms with van der Waals surface area (Å²) < 4.78 is 13.5. The highest BCUT2D eigenvalue weighted by molar-refractivity contribution is 5.76. The molecular weight excluding hydrogens is 243 g/mol. The second-order valence-corrected chi connectivity index (χ2v) is 5.39. The maximum absolute atomic E-state index is 13.5. The minimum absolute atomic E-state index is 0.123. The summed E-state index contributed by atoms with van der Waals surface area (Å²) in [6.07, 6.45) is 3.78. The van der Waals surface area contributed by atoms with Crippen LogP contribution in [-0.4, -0.2) is 30.4 Å². The molecule has 1 fully saturated rings. The molecule has 0 saturated carbocycles. The van der Waals surface area contributed by atoms with Gasteiger partial charge in [0.05, 0.1) is 0 Å². The van der Waals surface area contributed by atoms with E-state index in [2.05, 4.69) is 10.2 Å². The van der Waals surface area contributed by atoms with E-state index in [1.54, 1.807) is 12.1 Å². The molecular formula is C15H19FN2O. The van der Waals surface area contributed by atoms with Crippen LogP contribution in [0.1, 0.15) is 36.4 Å². The number of hydrogen-bond donors (Lipinski definition) is 1. The zero-order valence-corrected chi connectivity index (χ0v) is 11.0. The molecule has 1 saturated heterocycles. The van der Waals surface area contributed by atoms with Gasteiger partial charge in [0.15, 0.2) is 0 Å². The molecule has 1 N–H and O–H groups in total. The zero-order chi connectivity index (χ0) is 13.2. The summed E-state index contributed by atoms with van der Waals surface area (Å²) in [7, 11) is 0. The highest BCUT2D eigenvalue weighted by Crippen LogP contribution is 2.34. The van der Waals surface area contributed by atoms with Crippen LogP contribution in [0.3, 0.4) is 0 Å². The number of fused-ring (bicyclic) bond motifs is 1. The smallest absolute Gasteiger partial charge is 0.221 e. The first kappa shape index (κ1) is 12.6. The minimum Gasteiger partial charge on any atom is -0.355 e. The third-order valence-corrected chi connectivity index (χ3v) is 4.18. The molecule has 1 aromatic carbocycles. The number of rotatable bonds is 1. The quantitative estimate of drug-likeness (QED) is 0.840. The zero-order valence-electron chi connectivity index (χ0n) is 11.0. The van der Waals surface area contributed by atoms with E-state index in [1.165, 1.54) is 5.56 Å². The summed E-state index contributed by atoms with van der Waals surface area (Å²) in [5.74, 6) is -0.0348. The Morgan fingerprint density at radius 3 is 3.05 bits per heavy atom. The molecule has 3 nitrogen and oxygen atoms in total. The molecule has 0 spiro atoms. The van der Waals surface area contributed by atoms with E-state index in [0.717, 1.165) is 37.9 Å². The lowest BCUT2D eigenvalue weighted by Gasteiger charge is -2.34. The molecule has 1 atom stereocenters. The van der Waals surface area contributed by atoms with E-state index in [9.17, 15) is 9.18 Å². The molecule has 1 aliphatic heterocycles. The molecule has 3 rings (SSSR count). The van der Waals surface area contributed by atoms with Gasteiger partial charge in [-0.25, -0.2) is 4.39 Å². The number of benzene rings is 1. The first-order chi connectivity index (χ1) is 9.24. The Balaban J connectivity index is 1.86. The van der Waals surface area contributed by atoms with Crippen molar-refractivity contribution in [2.24, 2.45) is 0 Å². The van der Waals surface area contributed by atoms with Gasteiger partial charge in [-0.1, -0.05) is 6.07 Å². The van der Waals surface area contributed by atoms with Gasteiger partial charge in [0.1, 0.15) is 5.82 Å². The largest absolute Gasteiger partial charge is 0.355 e. The lowest BCUT2D eigenvalue weighted by molar-refractivity contribution is -0.120. The van der Waals surface area contributed by atoms with Crippen LogP contribution in [0.4, 0.5) is 4.39 Å². The molecule has 0 aromatic heterocycles. The number of amides is 1. The highest BCUT2D eigenvalue weighted by Gasteiger charge is 2.27. The average Bonchev–Trinajstić information content (AvgIpc) is 2.63. The second kappa shape index (κ2) is 5.29. The van der Waals surface area contributed by atoms with Crippen LogP contribution in [0.2, 0.25) is 0 Å². The van der Waals surface area contributed by atoms with E-state index >= 15 is 0 Å². The van der Waals surface area contributed by atoms with Crippen LogP contribution in [0.15, 0.2) is 18.2 Å². The molecule has 1 unspecified atom stereocenters. The van der Waals surface area contributed by atoms with Crippen molar-refractivity contribution in [2.45, 2.75) is 31.7 Å². The molecule has 0 bridgehead atoms. The number of nitrogens with one attached hydrogen (secondary N) is 1. The summed E-state index contributed by atoms with van der Waals surface area (Å²) in [4.78, 5) is 13.7. The highest BCUT2D eigenvalue weighted by atomic mass is 19.1. The number of halogens is 1. The summed E-state index contributed by atoms with van der Waals surface area (Å²) in [5.41, 5.74) is 2.39. The van der Waals surface area contributed by atoms with Crippen LogP contribution < -0.4 is 5.32 Å². The number of carbonyl (C=O) groups is 1. The van der Waals surface area contributed by atoms with E-state index in [-0.39, 0.29) is 17.8 Å². The van der Waals surface area contributed by atoms with E-state index < -0.39 is 0 Å². The summed E-state index contributed by atoms with van der Waals surface area (Å²) in [6, 6.07) is 5.42. The Bertz CT molecular complexity index is 489. The van der Waals surface area contributed by atoms with Crippen molar-refractivity contribution < 1.29 is 9.18 Å². The molecule has 1 heterocycles. The Morgan fingerprint density at radius 2 is 2.16 bits per heavy atom. The minimum atomic E-state index is -0.158. The normalized spacial score (nSPS) is 24.5. The predicted molar refractivity (Wildman–Crippen MR) is 71.3 cm³/mol. The molecule has 1 amide bonds. The number of carbonyl (C=O) groups excluding carboxylic acids is 1. The number of nitrogens with zero attached hydrogens (tertiary/aromatic N) is 1. The third kappa shape index (κ3) is 2.63. The van der Waals surface area contributed by atoms with Crippen molar-refractivity contribution in [3.8, 4) is 0 Å². The van der Waals surface area contributed by atoms with E-state index in [0.29, 0.717) is 13.0 Å². The molecule has 19 heavy (non-hydrogen) atoms. The van der Waals surface area contributed by atoms with Crippen LogP contribution >= 0.6 is 0 Å². The summed E-state index contributed by atoms with van der Waals surface area (Å²) in [5, 5.41) is 2.89. The summed E-state index contributed by atoms with van der Waals surface area (Å²) >= 11 is 0. The van der Waals surface area contributed by atoms with Gasteiger partial charge in [-0.05, 0) is 42.5 Å². The van der Waals surface area contributed by atoms with Gasteiger partial charge in [0.2, 0.25) is 5.91 Å². The van der Waals surface area contributed by atoms with E-state index in [1.807, 2.05) is 6.07 Å². The van der Waals surface area contributed by atoms with Gasteiger partial charge >= 0.3 is 0 Å². The van der Waals surface area contributed by atoms with Gasteiger partial charge in [-0.15, -0.1) is 0 Å². The monoisotopic (exact) mass is 262 g/mol. The van der Waals surface area contributed by atoms with Gasteiger partial charge in [-0.3, -0.25) is 9.69 Å². The molecule has 0 radical (unpaired) electrons. The Labute approximate surface area is 112 Å². The van der Waals surface area contributed by atoms with Crippen molar-refractivity contribution in [1.82, 2.24) is 10.2 Å². The first-order valence-corrected chi connectivity index (χ1v) is 7.03. The summed E-state index contributed by atoms with van der Waals surface area (Å²) in [6.45, 7) is 2.32. The Hall–Kier alpha value is -1.42. The maximum atomic E-state index is 13.5. The van der Waals surface area contributed by atoms with Gasteiger partial charge in [0, 0.05) is 32.1 Å². The lowest BCUT2D eigenvalue weighted by atomic mass is 9.86. The first-order valence-electron chi connectivity index (χ1n) is 7.03. The van der Waals surface area contributed by atoms with Crippen LogP contribution in [0.25, 0.3) is 0 Å². The molecule has 4 heteroatoms. The van der Waals surface area contributed by atoms with Crippen LogP contribution in [0.5, 0.6) is 0 Å². The maximum Gasteiger partial charge on any atom is 0.221 e. The van der Waals surface area contributed by atoms with Crippen LogP contribution in [-0.2, 0) is 11.2 Å². The fourth-order valence-corrected chi connectivity index (χ4v) is 3.22. The van der Waals surface area contributed by atoms with E-state index in [4.69, 9.17) is 0 Å². The molecule has 102 valence electrons. The molecule has 1 aliphatic carbocycles. The van der Waals surface area contributed by atoms with Crippen molar-refractivity contribution in [2.75, 3.05) is 19.6 Å². The molecule has 2 aliphatic rings. The average molecular weight is 262 g/mol. The standard InChI is InChI=1S/C15H19FN2O/c16-12-5-4-11-2-1-3-14(13(11)10-12)18-8-6-15(19)17-7-9-18/h4-5,10,14H,1-3,6-9H2,(H,17,19). The number of aryl methyl sites for hydroxylation is 1. The second-order valence-electron chi connectivity index (χ2n) is 5.39. The predicted octanol–water partition coefficient (Wildman–Crippen LogP) is 2.02. The Morgan fingerprint density at radius 1 is 1.26 bits per heavy atom. The van der Waals surface area contributed by atoms with Gasteiger partial charge < -0.3 is 5.32 Å². The molecule has 1 aromatic rings. The van der Waals surface area contributed by atoms with Gasteiger partial charge in [-0.2, -0.15) is 0 Å².